The molecule has 2 aromatic carbocycles. The number of nitrogens with zero attached hydrogens (tertiary/aromatic N) is 1. The standard InChI is InChI=1S/C19H17NO/c1-14-4-2-5-15(12-14)8-9-19(21)17-7-3-6-16-10-11-20-13-18(16)17/h2-7,10-13H,8-9H2,1H3. The van der Waals surface area contributed by atoms with Crippen molar-refractivity contribution in [2.24, 2.45) is 0 Å². The molecule has 2 nitrogen and oxygen atoms in total. The predicted octanol–water partition coefficient (Wildman–Crippen LogP) is 4.36. The van der Waals surface area contributed by atoms with Gasteiger partial charge in [-0.05, 0) is 30.4 Å². The summed E-state index contributed by atoms with van der Waals surface area (Å²) in [5, 5.41) is 2.00. The third-order valence-corrected chi connectivity index (χ3v) is 3.71. The van der Waals surface area contributed by atoms with Crippen LogP contribution in [0.25, 0.3) is 10.8 Å². The summed E-state index contributed by atoms with van der Waals surface area (Å²) >= 11 is 0. The Morgan fingerprint density at radius 1 is 1.10 bits per heavy atom. The van der Waals surface area contributed by atoms with E-state index in [1.165, 1.54) is 11.1 Å². The van der Waals surface area contributed by atoms with Crippen molar-refractivity contribution < 1.29 is 4.79 Å². The summed E-state index contributed by atoms with van der Waals surface area (Å²) in [5.74, 6) is 0.176. The number of carbonyl (C=O) groups is 1. The van der Waals surface area contributed by atoms with Gasteiger partial charge in [0, 0.05) is 29.8 Å². The van der Waals surface area contributed by atoms with Crippen molar-refractivity contribution in [1.82, 2.24) is 4.98 Å². The van der Waals surface area contributed by atoms with Gasteiger partial charge in [0.2, 0.25) is 0 Å². The SMILES string of the molecule is Cc1cccc(CCC(=O)c2cccc3ccncc23)c1. The Morgan fingerprint density at radius 3 is 2.81 bits per heavy atom. The molecule has 0 fully saturated rings. The third-order valence-electron chi connectivity index (χ3n) is 3.71. The second kappa shape index (κ2) is 5.88. The number of ketones is 1. The average Bonchev–Trinajstić information content (AvgIpc) is 2.52. The molecule has 0 aliphatic carbocycles. The Labute approximate surface area is 124 Å². The zero-order valence-electron chi connectivity index (χ0n) is 12.0. The number of pyridine rings is 1. The number of aromatic nitrogens is 1. The van der Waals surface area contributed by atoms with E-state index < -0.39 is 0 Å². The van der Waals surface area contributed by atoms with Crippen LogP contribution in [0, 0.1) is 6.92 Å². The molecule has 0 aliphatic heterocycles. The molecule has 2 heteroatoms. The Kier molecular flexibility index (Phi) is 3.78. The lowest BCUT2D eigenvalue weighted by atomic mass is 9.98. The molecule has 0 amide bonds. The lowest BCUT2D eigenvalue weighted by Gasteiger charge is -2.06. The van der Waals surface area contributed by atoms with E-state index in [-0.39, 0.29) is 5.78 Å². The van der Waals surface area contributed by atoms with Crippen LogP contribution in [0.15, 0.2) is 60.9 Å². The quantitative estimate of drug-likeness (QED) is 0.662. The highest BCUT2D eigenvalue weighted by atomic mass is 16.1. The fourth-order valence-electron chi connectivity index (χ4n) is 2.62. The Bertz CT molecular complexity index is 787. The van der Waals surface area contributed by atoms with E-state index in [4.69, 9.17) is 0 Å². The molecule has 0 saturated heterocycles. The Hall–Kier alpha value is -2.48. The van der Waals surface area contributed by atoms with Crippen LogP contribution in [0.3, 0.4) is 0 Å². The van der Waals surface area contributed by atoms with Crippen molar-refractivity contribution in [2.45, 2.75) is 19.8 Å². The first-order valence-corrected chi connectivity index (χ1v) is 7.15. The van der Waals surface area contributed by atoms with Crippen LogP contribution in [-0.2, 0) is 6.42 Å². The maximum Gasteiger partial charge on any atom is 0.163 e. The number of hydrogen-bond acceptors (Lipinski definition) is 2. The molecule has 1 heterocycles. The molecular weight excluding hydrogens is 258 g/mol. The first-order valence-electron chi connectivity index (χ1n) is 7.15. The summed E-state index contributed by atoms with van der Waals surface area (Å²) in [5.41, 5.74) is 3.21. The van der Waals surface area contributed by atoms with Crippen LogP contribution in [0.5, 0.6) is 0 Å². The number of aryl methyl sites for hydroxylation is 2. The van der Waals surface area contributed by atoms with Gasteiger partial charge in [-0.3, -0.25) is 9.78 Å². The van der Waals surface area contributed by atoms with Gasteiger partial charge >= 0.3 is 0 Å². The van der Waals surface area contributed by atoms with E-state index >= 15 is 0 Å². The molecule has 3 rings (SSSR count). The molecule has 0 aliphatic rings. The van der Waals surface area contributed by atoms with Gasteiger partial charge in [0.1, 0.15) is 0 Å². The van der Waals surface area contributed by atoms with Crippen molar-refractivity contribution in [3.05, 3.63) is 77.6 Å². The topological polar surface area (TPSA) is 30.0 Å². The van der Waals surface area contributed by atoms with Gasteiger partial charge in [-0.15, -0.1) is 0 Å². The molecule has 1 aromatic heterocycles. The number of rotatable bonds is 4. The Balaban J connectivity index is 1.81. The van der Waals surface area contributed by atoms with Gasteiger partial charge < -0.3 is 0 Å². The largest absolute Gasteiger partial charge is 0.294 e. The van der Waals surface area contributed by atoms with Crippen LogP contribution in [0.4, 0.5) is 0 Å². The van der Waals surface area contributed by atoms with E-state index in [1.807, 2.05) is 30.3 Å². The zero-order chi connectivity index (χ0) is 14.7. The fraction of sp³-hybridized carbons (Fsp3) is 0.158. The van der Waals surface area contributed by atoms with Crippen LogP contribution >= 0.6 is 0 Å². The molecule has 3 aromatic rings. The van der Waals surface area contributed by atoms with Gasteiger partial charge in [0.05, 0.1) is 0 Å². The van der Waals surface area contributed by atoms with E-state index in [0.29, 0.717) is 6.42 Å². The maximum absolute atomic E-state index is 12.5. The fourth-order valence-corrected chi connectivity index (χ4v) is 2.62. The third kappa shape index (κ3) is 3.00. The van der Waals surface area contributed by atoms with E-state index in [0.717, 1.165) is 22.8 Å². The van der Waals surface area contributed by atoms with Gasteiger partial charge in [-0.2, -0.15) is 0 Å². The normalized spacial score (nSPS) is 10.7. The van der Waals surface area contributed by atoms with Crippen molar-refractivity contribution in [3.8, 4) is 0 Å². The zero-order valence-corrected chi connectivity index (χ0v) is 12.0. The monoisotopic (exact) mass is 275 g/mol. The lowest BCUT2D eigenvalue weighted by molar-refractivity contribution is 0.0984. The molecule has 0 saturated carbocycles. The molecule has 104 valence electrons. The van der Waals surface area contributed by atoms with E-state index in [9.17, 15) is 4.79 Å². The summed E-state index contributed by atoms with van der Waals surface area (Å²) in [6.45, 7) is 2.07. The van der Waals surface area contributed by atoms with E-state index in [2.05, 4.69) is 30.1 Å². The number of hydrogen-bond donors (Lipinski definition) is 0. The molecule has 0 unspecified atom stereocenters. The molecule has 0 spiro atoms. The number of fused-ring (bicyclic) bond motifs is 1. The smallest absolute Gasteiger partial charge is 0.163 e. The van der Waals surface area contributed by atoms with Crippen LogP contribution in [0.1, 0.15) is 27.9 Å². The molecule has 21 heavy (non-hydrogen) atoms. The highest BCUT2D eigenvalue weighted by Crippen LogP contribution is 2.19. The van der Waals surface area contributed by atoms with Crippen molar-refractivity contribution >= 4 is 16.6 Å². The average molecular weight is 275 g/mol. The summed E-state index contributed by atoms with van der Waals surface area (Å²) in [6.07, 6.45) is 4.83. The molecule has 0 N–H and O–H groups in total. The molecule has 0 radical (unpaired) electrons. The van der Waals surface area contributed by atoms with Crippen LogP contribution < -0.4 is 0 Å². The lowest BCUT2D eigenvalue weighted by Crippen LogP contribution is -2.02. The molecular formula is C19H17NO. The van der Waals surface area contributed by atoms with Gasteiger partial charge in [0.25, 0.3) is 0 Å². The summed E-state index contributed by atoms with van der Waals surface area (Å²) in [7, 11) is 0. The summed E-state index contributed by atoms with van der Waals surface area (Å²) in [6, 6.07) is 16.1. The highest BCUT2D eigenvalue weighted by molar-refractivity contribution is 6.07. The number of carbonyl (C=O) groups excluding carboxylic acids is 1. The van der Waals surface area contributed by atoms with Crippen molar-refractivity contribution in [2.75, 3.05) is 0 Å². The van der Waals surface area contributed by atoms with Crippen LogP contribution in [0.2, 0.25) is 0 Å². The molecule has 0 bridgehead atoms. The second-order valence-corrected chi connectivity index (χ2v) is 5.31. The minimum absolute atomic E-state index is 0.176. The predicted molar refractivity (Wildman–Crippen MR) is 85.6 cm³/mol. The van der Waals surface area contributed by atoms with E-state index in [1.54, 1.807) is 12.4 Å². The van der Waals surface area contributed by atoms with Crippen LogP contribution in [-0.4, -0.2) is 10.8 Å². The van der Waals surface area contributed by atoms with Crippen molar-refractivity contribution in [1.29, 1.82) is 0 Å². The maximum atomic E-state index is 12.5. The number of Topliss-reactive ketones (excluding diaryl/α,β-unsaturated/α-hetero) is 1. The number of benzene rings is 2. The minimum atomic E-state index is 0.176. The van der Waals surface area contributed by atoms with Gasteiger partial charge in [-0.25, -0.2) is 0 Å². The first kappa shape index (κ1) is 13.5. The summed E-state index contributed by atoms with van der Waals surface area (Å²) in [4.78, 5) is 16.6. The van der Waals surface area contributed by atoms with Gasteiger partial charge in [0.15, 0.2) is 5.78 Å². The summed E-state index contributed by atoms with van der Waals surface area (Å²) < 4.78 is 0. The van der Waals surface area contributed by atoms with Crippen molar-refractivity contribution in [3.63, 3.8) is 0 Å². The first-order chi connectivity index (χ1) is 10.2. The van der Waals surface area contributed by atoms with Gasteiger partial charge in [-0.1, -0.05) is 48.0 Å². The second-order valence-electron chi connectivity index (χ2n) is 5.31. The molecule has 0 atom stereocenters. The Morgan fingerprint density at radius 2 is 1.95 bits per heavy atom. The minimum Gasteiger partial charge on any atom is -0.294 e. The highest BCUT2D eigenvalue weighted by Gasteiger charge is 2.10.